The van der Waals surface area contributed by atoms with E-state index in [1.807, 2.05) is 118 Å². The molecule has 0 spiro atoms. The van der Waals surface area contributed by atoms with Gasteiger partial charge in [0.15, 0.2) is 11.6 Å². The molecule has 0 aliphatic rings. The van der Waals surface area contributed by atoms with Crippen LogP contribution in [0.15, 0.2) is 126 Å². The van der Waals surface area contributed by atoms with Crippen LogP contribution in [0.3, 0.4) is 0 Å². The minimum absolute atomic E-state index is 0.265. The Bertz CT molecular complexity index is 3540. The van der Waals surface area contributed by atoms with Gasteiger partial charge in [-0.3, -0.25) is 4.57 Å². The predicted octanol–water partition coefficient (Wildman–Crippen LogP) is 2.86. The van der Waals surface area contributed by atoms with Crippen LogP contribution >= 0.6 is 0 Å². The molecule has 0 aliphatic heterocycles. The number of furan rings is 1. The Morgan fingerprint density at radius 2 is 1.03 bits per heavy atom. The van der Waals surface area contributed by atoms with Gasteiger partial charge in [0.05, 0.1) is 16.6 Å². The second-order valence-electron chi connectivity index (χ2n) is 14.4. The summed E-state index contributed by atoms with van der Waals surface area (Å²) >= 11 is 0. The zero-order valence-electron chi connectivity index (χ0n) is 30.7. The lowest BCUT2D eigenvalue weighted by Crippen LogP contribution is -2.32. The minimum Gasteiger partial charge on any atom is -0.456 e. The summed E-state index contributed by atoms with van der Waals surface area (Å²) in [6, 6.07) is 38.6. The Hall–Kier alpha value is -6.60. The van der Waals surface area contributed by atoms with Gasteiger partial charge in [0.25, 0.3) is 0 Å². The number of benzene rings is 7. The van der Waals surface area contributed by atoms with Crippen LogP contribution in [0.1, 0.15) is 0 Å². The summed E-state index contributed by atoms with van der Waals surface area (Å²) in [6.45, 7) is 0. The van der Waals surface area contributed by atoms with E-state index in [0.29, 0.717) is 99.2 Å². The maximum absolute atomic E-state index is 7.14. The zero-order valence-corrected chi connectivity index (χ0v) is 30.7. The van der Waals surface area contributed by atoms with E-state index in [4.69, 9.17) is 74.3 Å². The maximum atomic E-state index is 7.14. The highest BCUT2D eigenvalue weighted by Crippen LogP contribution is 2.39. The van der Waals surface area contributed by atoms with E-state index in [2.05, 4.69) is 0 Å². The first kappa shape index (κ1) is 34.6. The lowest BCUT2D eigenvalue weighted by Gasteiger charge is -2.16. The Balaban J connectivity index is 1.35. The van der Waals surface area contributed by atoms with E-state index in [0.717, 1.165) is 27.6 Å². The third-order valence-corrected chi connectivity index (χ3v) is 11.0. The highest BCUT2D eigenvalue weighted by Gasteiger charge is 2.28. The Labute approximate surface area is 341 Å². The van der Waals surface area contributed by atoms with Crippen LogP contribution in [0.5, 0.6) is 0 Å². The van der Waals surface area contributed by atoms with Gasteiger partial charge in [-0.15, -0.1) is 5.46 Å². The first-order valence-corrected chi connectivity index (χ1v) is 18.5. The van der Waals surface area contributed by atoms with Crippen LogP contribution in [0.4, 0.5) is 0 Å². The molecule has 6 nitrogen and oxygen atoms in total. The Morgan fingerprint density at radius 3 is 1.81 bits per heavy atom. The quantitative estimate of drug-likeness (QED) is 0.263. The van der Waals surface area contributed by atoms with Crippen LogP contribution in [-0.2, 0) is 0 Å². The van der Waals surface area contributed by atoms with E-state index >= 15 is 0 Å². The molecule has 4 aromatic heterocycles. The van der Waals surface area contributed by atoms with Crippen molar-refractivity contribution in [3.05, 3.63) is 121 Å². The third kappa shape index (κ3) is 4.92. The number of rotatable bonds is 4. The van der Waals surface area contributed by atoms with Crippen molar-refractivity contribution in [1.29, 1.82) is 0 Å². The van der Waals surface area contributed by atoms with Crippen LogP contribution in [0, 0.1) is 0 Å². The van der Waals surface area contributed by atoms with Gasteiger partial charge in [-0.1, -0.05) is 124 Å². The fourth-order valence-corrected chi connectivity index (χ4v) is 8.50. The summed E-state index contributed by atoms with van der Waals surface area (Å²) in [5, 5.41) is 4.36. The van der Waals surface area contributed by atoms with Crippen molar-refractivity contribution in [3.63, 3.8) is 0 Å². The van der Waals surface area contributed by atoms with E-state index in [-0.39, 0.29) is 11.4 Å². The average molecular weight is 722 g/mol. The summed E-state index contributed by atoms with van der Waals surface area (Å²) in [7, 11) is 47.9. The summed E-state index contributed by atoms with van der Waals surface area (Å²) in [5.41, 5.74) is 8.57. The Morgan fingerprint density at radius 1 is 0.414 bits per heavy atom. The van der Waals surface area contributed by atoms with Gasteiger partial charge in [-0.2, -0.15) is 9.97 Å². The molecule has 0 atom stereocenters. The molecular weight excluding hydrogens is 702 g/mol. The number of fused-ring (bicyclic) bond motifs is 10. The van der Waals surface area contributed by atoms with Crippen molar-refractivity contribution in [2.24, 2.45) is 0 Å². The van der Waals surface area contributed by atoms with Crippen LogP contribution in [0.2, 0.25) is 0 Å². The molecule has 0 saturated carbocycles. The van der Waals surface area contributed by atoms with Crippen LogP contribution in [-0.4, -0.2) is 79.0 Å². The van der Waals surface area contributed by atoms with Crippen molar-refractivity contribution in [2.45, 2.75) is 0 Å². The van der Waals surface area contributed by atoms with Crippen molar-refractivity contribution < 1.29 is 4.42 Å². The summed E-state index contributed by atoms with van der Waals surface area (Å²) in [5.74, 6) is 1.10. The van der Waals surface area contributed by atoms with E-state index in [1.54, 1.807) is 12.1 Å². The molecule has 0 unspecified atom stereocenters. The normalized spacial score (nSPS) is 11.9. The smallest absolute Gasteiger partial charge is 0.238 e. The van der Waals surface area contributed by atoms with Gasteiger partial charge in [-0.25, -0.2) is 4.98 Å². The fraction of sp³-hybridized carbons (Fsp3) is 0. The van der Waals surface area contributed by atoms with Crippen molar-refractivity contribution in [2.75, 3.05) is 0 Å². The van der Waals surface area contributed by atoms with Gasteiger partial charge >= 0.3 is 0 Å². The SMILES string of the molecule is [B]c1cc([B])c2c(c1)c1c([B])c([B])c3c4c([B])c([B])cc([B])c4n(-c4ccccc4)c3c1n2-c1nc(-c2ccccc2)nc(-c2ccc3c(c2)oc2ccccc23)n1. The van der Waals surface area contributed by atoms with Gasteiger partial charge < -0.3 is 8.98 Å². The standard InChI is InChI=1S/C45H20B7N5O/c46-23-18-27-33-37(51)38(52)35-34-36(50)28(47)20-30(49)40(34)56(24-11-5-2-6-12-24)42(35)41(33)57(39(27)29(48)19-23)45-54-43(21-9-3-1-4-10-21)53-44(55-45)22-15-16-26-25-13-7-8-14-31(25)58-32(26)17-22/h1-20H. The van der Waals surface area contributed by atoms with E-state index < -0.39 is 0 Å². The van der Waals surface area contributed by atoms with Gasteiger partial charge in [-0.05, 0) is 35.7 Å². The largest absolute Gasteiger partial charge is 0.456 e. The third-order valence-electron chi connectivity index (χ3n) is 11.0. The molecule has 13 heteroatoms. The lowest BCUT2D eigenvalue weighted by atomic mass is 9.71. The number of aromatic nitrogens is 5. The molecule has 58 heavy (non-hydrogen) atoms. The van der Waals surface area contributed by atoms with Gasteiger partial charge in [0.1, 0.15) is 66.1 Å². The second kappa shape index (κ2) is 12.7. The number of hydrogen-bond acceptors (Lipinski definition) is 4. The molecule has 0 amide bonds. The summed E-state index contributed by atoms with van der Waals surface area (Å²) < 4.78 is 10.2. The predicted molar refractivity (Wildman–Crippen MR) is 244 cm³/mol. The monoisotopic (exact) mass is 723 g/mol. The first-order valence-electron chi connectivity index (χ1n) is 18.5. The number of hydrogen-bond donors (Lipinski definition) is 0. The van der Waals surface area contributed by atoms with Crippen molar-refractivity contribution in [1.82, 2.24) is 24.1 Å². The van der Waals surface area contributed by atoms with E-state index in [1.165, 1.54) is 0 Å². The Kier molecular flexibility index (Phi) is 7.59. The number of para-hydroxylation sites is 2. The molecule has 4 heterocycles. The summed E-state index contributed by atoms with van der Waals surface area (Å²) in [4.78, 5) is 15.4. The van der Waals surface area contributed by atoms with Crippen molar-refractivity contribution >= 4 is 159 Å². The van der Waals surface area contributed by atoms with Crippen molar-refractivity contribution in [3.8, 4) is 34.4 Å². The van der Waals surface area contributed by atoms with Gasteiger partial charge in [0, 0.05) is 49.3 Å². The molecule has 11 rings (SSSR count). The average Bonchev–Trinajstić information content (AvgIpc) is 3.91. The maximum Gasteiger partial charge on any atom is 0.238 e. The summed E-state index contributed by atoms with van der Waals surface area (Å²) in [6.07, 6.45) is 0. The zero-order chi connectivity index (χ0) is 39.6. The fourth-order valence-electron chi connectivity index (χ4n) is 8.50. The first-order chi connectivity index (χ1) is 28.2. The number of nitrogens with zero attached hydrogens (tertiary/aromatic N) is 5. The molecule has 0 fully saturated rings. The molecule has 14 radical (unpaired) electrons. The van der Waals surface area contributed by atoms with Crippen LogP contribution < -0.4 is 38.2 Å². The molecule has 252 valence electrons. The highest BCUT2D eigenvalue weighted by atomic mass is 16.3. The molecule has 0 N–H and O–H groups in total. The molecule has 0 saturated heterocycles. The van der Waals surface area contributed by atoms with E-state index in [9.17, 15) is 0 Å². The molecule has 11 aromatic rings. The molecule has 0 bridgehead atoms. The second-order valence-corrected chi connectivity index (χ2v) is 14.4. The highest BCUT2D eigenvalue weighted by molar-refractivity contribution is 6.64. The topological polar surface area (TPSA) is 61.7 Å². The lowest BCUT2D eigenvalue weighted by molar-refractivity contribution is 0.669. The molecule has 0 aliphatic carbocycles. The minimum atomic E-state index is 0.265. The van der Waals surface area contributed by atoms with Gasteiger partial charge in [0.2, 0.25) is 5.95 Å². The molecule has 7 aromatic carbocycles. The molecular formula is C45H20B7N5O. The van der Waals surface area contributed by atoms with Crippen LogP contribution in [0.25, 0.3) is 100.0 Å².